The molecule has 4 heteroatoms. The molecule has 1 N–H and O–H groups in total. The lowest BCUT2D eigenvalue weighted by Gasteiger charge is -2.19. The zero-order valence-corrected chi connectivity index (χ0v) is 13.1. The summed E-state index contributed by atoms with van der Waals surface area (Å²) in [5.41, 5.74) is 1.40. The summed E-state index contributed by atoms with van der Waals surface area (Å²) in [5, 5.41) is 3.31. The Labute approximate surface area is 125 Å². The molecule has 0 atom stereocenters. The summed E-state index contributed by atoms with van der Waals surface area (Å²) in [4.78, 5) is 11.4. The minimum atomic E-state index is -0.482. The van der Waals surface area contributed by atoms with Crippen LogP contribution in [0.3, 0.4) is 0 Å². The van der Waals surface area contributed by atoms with Crippen LogP contribution in [0.5, 0.6) is 0 Å². The van der Waals surface area contributed by atoms with Gasteiger partial charge in [-0.05, 0) is 39.3 Å². The van der Waals surface area contributed by atoms with E-state index < -0.39 is 11.7 Å². The predicted molar refractivity (Wildman–Crippen MR) is 81.9 cm³/mol. The molecule has 0 bridgehead atoms. The van der Waals surface area contributed by atoms with Gasteiger partial charge in [0.05, 0.1) is 5.02 Å². The number of rotatable bonds is 2. The number of halogens is 1. The fourth-order valence-electron chi connectivity index (χ4n) is 1.48. The number of alkyl carbamates (subject to hydrolysis) is 1. The van der Waals surface area contributed by atoms with E-state index in [0.29, 0.717) is 18.0 Å². The smallest absolute Gasteiger partial charge is 0.407 e. The Morgan fingerprint density at radius 2 is 2.10 bits per heavy atom. The fourth-order valence-corrected chi connectivity index (χ4v) is 1.75. The lowest BCUT2D eigenvalue weighted by Crippen LogP contribution is -2.32. The second kappa shape index (κ2) is 7.21. The molecule has 108 valence electrons. The average Bonchev–Trinajstić information content (AvgIpc) is 2.29. The van der Waals surface area contributed by atoms with Crippen LogP contribution in [0.15, 0.2) is 18.2 Å². The Morgan fingerprint density at radius 1 is 1.40 bits per heavy atom. The molecule has 0 aliphatic rings. The molecular formula is C16H20ClNO2. The second-order valence-electron chi connectivity index (χ2n) is 5.41. The summed E-state index contributed by atoms with van der Waals surface area (Å²) < 4.78 is 5.12. The average molecular weight is 294 g/mol. The number of benzene rings is 1. The number of hydrogen-bond acceptors (Lipinski definition) is 2. The van der Waals surface area contributed by atoms with E-state index in [4.69, 9.17) is 16.3 Å². The van der Waals surface area contributed by atoms with Crippen molar-refractivity contribution in [2.75, 3.05) is 6.54 Å². The molecule has 0 aliphatic heterocycles. The third kappa shape index (κ3) is 5.99. The van der Waals surface area contributed by atoms with Crippen molar-refractivity contribution in [3.05, 3.63) is 34.3 Å². The third-order valence-electron chi connectivity index (χ3n) is 2.35. The van der Waals surface area contributed by atoms with Crippen LogP contribution in [0.2, 0.25) is 5.02 Å². The fraction of sp³-hybridized carbons (Fsp3) is 0.438. The molecular weight excluding hydrogens is 274 g/mol. The first kappa shape index (κ1) is 16.4. The molecule has 0 fully saturated rings. The quantitative estimate of drug-likeness (QED) is 0.663. The highest BCUT2D eigenvalue weighted by molar-refractivity contribution is 6.31. The highest BCUT2D eigenvalue weighted by Gasteiger charge is 2.15. The highest BCUT2D eigenvalue weighted by atomic mass is 35.5. The van der Waals surface area contributed by atoms with Gasteiger partial charge in [0, 0.05) is 18.5 Å². The zero-order valence-electron chi connectivity index (χ0n) is 12.3. The van der Waals surface area contributed by atoms with Crippen LogP contribution in [-0.4, -0.2) is 18.2 Å². The van der Waals surface area contributed by atoms with E-state index in [9.17, 15) is 4.79 Å². The van der Waals surface area contributed by atoms with Crippen molar-refractivity contribution < 1.29 is 9.53 Å². The maximum Gasteiger partial charge on any atom is 0.407 e. The second-order valence-corrected chi connectivity index (χ2v) is 5.82. The van der Waals surface area contributed by atoms with Crippen molar-refractivity contribution in [1.82, 2.24) is 5.32 Å². The normalized spacial score (nSPS) is 10.4. The van der Waals surface area contributed by atoms with Gasteiger partial charge in [0.2, 0.25) is 0 Å². The molecule has 3 nitrogen and oxygen atoms in total. The minimum absolute atomic E-state index is 0.423. The Hall–Kier alpha value is -1.66. The van der Waals surface area contributed by atoms with Gasteiger partial charge in [0.15, 0.2) is 0 Å². The standard InChI is InChI=1S/C16H20ClNO2/c1-12-8-7-10-14(17)13(12)9-5-6-11-18-15(19)20-16(2,3)4/h7-8,10H,6,11H2,1-4H3,(H,18,19). The Bertz CT molecular complexity index is 515. The van der Waals surface area contributed by atoms with Gasteiger partial charge in [-0.15, -0.1) is 0 Å². The van der Waals surface area contributed by atoms with Gasteiger partial charge in [0.1, 0.15) is 5.60 Å². The zero-order chi connectivity index (χ0) is 15.2. The van der Waals surface area contributed by atoms with Gasteiger partial charge in [0.25, 0.3) is 0 Å². The monoisotopic (exact) mass is 293 g/mol. The molecule has 0 unspecified atom stereocenters. The SMILES string of the molecule is Cc1cccc(Cl)c1C#CCCNC(=O)OC(C)(C)C. The maximum atomic E-state index is 11.4. The summed E-state index contributed by atoms with van der Waals surface area (Å²) >= 11 is 6.07. The van der Waals surface area contributed by atoms with Gasteiger partial charge in [-0.3, -0.25) is 0 Å². The van der Waals surface area contributed by atoms with Gasteiger partial charge in [-0.25, -0.2) is 4.79 Å². The van der Waals surface area contributed by atoms with Crippen LogP contribution in [-0.2, 0) is 4.74 Å². The van der Waals surface area contributed by atoms with Crippen LogP contribution in [0.1, 0.15) is 38.3 Å². The molecule has 1 aromatic carbocycles. The number of amides is 1. The maximum absolute atomic E-state index is 11.4. The lowest BCUT2D eigenvalue weighted by atomic mass is 10.1. The number of carbonyl (C=O) groups excluding carboxylic acids is 1. The summed E-state index contributed by atoms with van der Waals surface area (Å²) in [5.74, 6) is 6.03. The van der Waals surface area contributed by atoms with Crippen LogP contribution in [0, 0.1) is 18.8 Å². The van der Waals surface area contributed by atoms with E-state index in [-0.39, 0.29) is 0 Å². The Balaban J connectivity index is 2.43. The van der Waals surface area contributed by atoms with Crippen molar-refractivity contribution in [1.29, 1.82) is 0 Å². The number of nitrogens with one attached hydrogen (secondary N) is 1. The molecule has 1 amide bonds. The van der Waals surface area contributed by atoms with Gasteiger partial charge in [-0.1, -0.05) is 35.6 Å². The van der Waals surface area contributed by atoms with Crippen molar-refractivity contribution in [2.24, 2.45) is 0 Å². The third-order valence-corrected chi connectivity index (χ3v) is 2.67. The molecule has 0 radical (unpaired) electrons. The van der Waals surface area contributed by atoms with Crippen LogP contribution >= 0.6 is 11.6 Å². The largest absolute Gasteiger partial charge is 0.444 e. The van der Waals surface area contributed by atoms with Crippen molar-refractivity contribution in [2.45, 2.75) is 39.7 Å². The summed E-state index contributed by atoms with van der Waals surface area (Å²) in [6.07, 6.45) is 0.123. The van der Waals surface area contributed by atoms with E-state index >= 15 is 0 Å². The van der Waals surface area contributed by atoms with Crippen molar-refractivity contribution in [3.8, 4) is 11.8 Å². The first-order valence-corrected chi connectivity index (χ1v) is 6.88. The molecule has 0 spiro atoms. The molecule has 1 rings (SSSR count). The Morgan fingerprint density at radius 3 is 2.70 bits per heavy atom. The number of ether oxygens (including phenoxy) is 1. The van der Waals surface area contributed by atoms with E-state index in [0.717, 1.165) is 11.1 Å². The lowest BCUT2D eigenvalue weighted by molar-refractivity contribution is 0.0529. The minimum Gasteiger partial charge on any atom is -0.444 e. The molecule has 0 saturated heterocycles. The molecule has 20 heavy (non-hydrogen) atoms. The van der Waals surface area contributed by atoms with Crippen LogP contribution < -0.4 is 5.32 Å². The Kier molecular flexibility index (Phi) is 5.91. The first-order chi connectivity index (χ1) is 9.29. The summed E-state index contributed by atoms with van der Waals surface area (Å²) in [7, 11) is 0. The molecule has 0 aromatic heterocycles. The summed E-state index contributed by atoms with van der Waals surface area (Å²) in [6, 6.07) is 5.68. The molecule has 1 aromatic rings. The number of carbonyl (C=O) groups is 1. The number of aryl methyl sites for hydroxylation is 1. The van der Waals surface area contributed by atoms with Crippen molar-refractivity contribution in [3.63, 3.8) is 0 Å². The first-order valence-electron chi connectivity index (χ1n) is 6.50. The van der Waals surface area contributed by atoms with Gasteiger partial charge < -0.3 is 10.1 Å². The topological polar surface area (TPSA) is 38.3 Å². The summed E-state index contributed by atoms with van der Waals surface area (Å²) in [6.45, 7) is 7.89. The molecule has 0 aliphatic carbocycles. The highest BCUT2D eigenvalue weighted by Crippen LogP contribution is 2.17. The van der Waals surface area contributed by atoms with Crippen LogP contribution in [0.25, 0.3) is 0 Å². The van der Waals surface area contributed by atoms with Crippen molar-refractivity contribution >= 4 is 17.7 Å². The number of hydrogen-bond donors (Lipinski definition) is 1. The van der Waals surface area contributed by atoms with Gasteiger partial charge in [-0.2, -0.15) is 0 Å². The molecule has 0 saturated carbocycles. The van der Waals surface area contributed by atoms with E-state index in [1.54, 1.807) is 0 Å². The predicted octanol–water partition coefficient (Wildman–Crippen LogP) is 3.91. The molecule has 0 heterocycles. The van der Waals surface area contributed by atoms with Crippen LogP contribution in [0.4, 0.5) is 4.79 Å². The van der Waals surface area contributed by atoms with E-state index in [1.165, 1.54) is 0 Å². The van der Waals surface area contributed by atoms with Gasteiger partial charge >= 0.3 is 6.09 Å². The van der Waals surface area contributed by atoms with E-state index in [2.05, 4.69) is 17.2 Å². The van der Waals surface area contributed by atoms with E-state index in [1.807, 2.05) is 45.9 Å².